The van der Waals surface area contributed by atoms with Crippen LogP contribution >= 0.6 is 0 Å². The van der Waals surface area contributed by atoms with Crippen molar-refractivity contribution in [3.05, 3.63) is 6.33 Å². The summed E-state index contributed by atoms with van der Waals surface area (Å²) in [4.78, 5) is 26.4. The van der Waals surface area contributed by atoms with Crippen LogP contribution < -0.4 is 16.0 Å². The van der Waals surface area contributed by atoms with Crippen molar-refractivity contribution in [3.63, 3.8) is 0 Å². The first-order valence-electron chi connectivity index (χ1n) is 8.85. The van der Waals surface area contributed by atoms with Crippen LogP contribution in [0.3, 0.4) is 0 Å². The summed E-state index contributed by atoms with van der Waals surface area (Å²) in [5, 5.41) is 12.9. The van der Waals surface area contributed by atoms with E-state index < -0.39 is 5.60 Å². The summed E-state index contributed by atoms with van der Waals surface area (Å²) in [5.74, 6) is 0.589. The highest BCUT2D eigenvalue weighted by Crippen LogP contribution is 2.38. The van der Waals surface area contributed by atoms with Crippen molar-refractivity contribution in [2.75, 3.05) is 30.3 Å². The number of nitrogens with one attached hydrogen (secondary N) is 1. The lowest BCUT2D eigenvalue weighted by Gasteiger charge is -2.46. The van der Waals surface area contributed by atoms with Crippen LogP contribution in [-0.4, -0.2) is 62.9 Å². The Bertz CT molecular complexity index is 657. The Morgan fingerprint density at radius 2 is 2.08 bits per heavy atom. The van der Waals surface area contributed by atoms with Gasteiger partial charge in [-0.3, -0.25) is 4.79 Å². The summed E-state index contributed by atoms with van der Waals surface area (Å²) in [6.45, 7) is 2.17. The van der Waals surface area contributed by atoms with Crippen molar-refractivity contribution in [2.45, 2.75) is 55.8 Å². The van der Waals surface area contributed by atoms with Gasteiger partial charge in [-0.2, -0.15) is 4.98 Å². The number of nitrogen functional groups attached to an aromatic ring is 1. The van der Waals surface area contributed by atoms with Crippen molar-refractivity contribution in [1.82, 2.24) is 20.3 Å². The first kappa shape index (κ1) is 16.5. The summed E-state index contributed by atoms with van der Waals surface area (Å²) >= 11 is 0. The van der Waals surface area contributed by atoms with Gasteiger partial charge in [-0.05, 0) is 38.5 Å². The maximum Gasteiger partial charge on any atom is 0.252 e. The van der Waals surface area contributed by atoms with Crippen LogP contribution in [0.5, 0.6) is 0 Å². The Hall–Kier alpha value is -2.00. The zero-order chi connectivity index (χ0) is 17.5. The van der Waals surface area contributed by atoms with E-state index in [0.717, 1.165) is 38.8 Å². The average Bonchev–Trinajstić information content (AvgIpc) is 3.35. The quantitative estimate of drug-likeness (QED) is 0.674. The molecule has 1 atom stereocenters. The van der Waals surface area contributed by atoms with Gasteiger partial charge in [0.25, 0.3) is 5.91 Å². The first-order chi connectivity index (χ1) is 12.0. The van der Waals surface area contributed by atoms with E-state index in [-0.39, 0.29) is 23.5 Å². The monoisotopic (exact) mass is 348 g/mol. The van der Waals surface area contributed by atoms with Crippen LogP contribution in [0, 0.1) is 0 Å². The molecule has 136 valence electrons. The molecule has 4 N–H and O–H groups in total. The molecule has 3 fully saturated rings. The summed E-state index contributed by atoms with van der Waals surface area (Å²) in [7, 11) is 0. The smallest absolute Gasteiger partial charge is 0.252 e. The number of hydrogen-bond donors (Lipinski definition) is 3. The van der Waals surface area contributed by atoms with Crippen LogP contribution in [-0.2, 0) is 9.53 Å². The number of piperidine rings is 1. The van der Waals surface area contributed by atoms with Crippen LogP contribution in [0.4, 0.5) is 11.9 Å². The van der Waals surface area contributed by atoms with Gasteiger partial charge in [0.1, 0.15) is 11.9 Å². The van der Waals surface area contributed by atoms with Gasteiger partial charge >= 0.3 is 0 Å². The Balaban J connectivity index is 1.36. The van der Waals surface area contributed by atoms with E-state index >= 15 is 0 Å². The Morgan fingerprint density at radius 1 is 1.32 bits per heavy atom. The van der Waals surface area contributed by atoms with Gasteiger partial charge in [0.15, 0.2) is 0 Å². The molecule has 0 radical (unpaired) electrons. The van der Waals surface area contributed by atoms with E-state index in [1.54, 1.807) is 0 Å². The fourth-order valence-corrected chi connectivity index (χ4v) is 3.73. The predicted molar refractivity (Wildman–Crippen MR) is 89.7 cm³/mol. The molecule has 1 saturated carbocycles. The second-order valence-electron chi connectivity index (χ2n) is 7.36. The molecule has 9 heteroatoms. The topological polar surface area (TPSA) is 126 Å². The number of carbonyl (C=O) groups is 1. The van der Waals surface area contributed by atoms with E-state index in [9.17, 15) is 9.90 Å². The molecule has 1 aromatic rings. The lowest BCUT2D eigenvalue weighted by molar-refractivity contribution is -0.136. The van der Waals surface area contributed by atoms with Gasteiger partial charge in [0.05, 0.1) is 5.60 Å². The molecule has 1 aromatic heterocycles. The van der Waals surface area contributed by atoms with Crippen LogP contribution in [0.2, 0.25) is 0 Å². The van der Waals surface area contributed by atoms with Crippen molar-refractivity contribution in [2.24, 2.45) is 0 Å². The Kier molecular flexibility index (Phi) is 3.99. The lowest BCUT2D eigenvalue weighted by atomic mass is 9.82. The third-order valence-corrected chi connectivity index (χ3v) is 5.51. The molecule has 1 unspecified atom stereocenters. The zero-order valence-electron chi connectivity index (χ0n) is 14.1. The van der Waals surface area contributed by atoms with E-state index in [1.807, 2.05) is 0 Å². The number of carbonyl (C=O) groups excluding carboxylic acids is 1. The van der Waals surface area contributed by atoms with Gasteiger partial charge in [-0.15, -0.1) is 0 Å². The highest BCUT2D eigenvalue weighted by atomic mass is 16.5. The van der Waals surface area contributed by atoms with Crippen LogP contribution in [0.25, 0.3) is 0 Å². The number of ether oxygens (including phenoxy) is 1. The molecular weight excluding hydrogens is 324 g/mol. The van der Waals surface area contributed by atoms with Crippen LogP contribution in [0.15, 0.2) is 6.33 Å². The number of amides is 1. The molecule has 9 nitrogen and oxygen atoms in total. The Morgan fingerprint density at radius 3 is 2.76 bits per heavy atom. The number of nitrogens with zero attached hydrogens (tertiary/aromatic N) is 4. The lowest BCUT2D eigenvalue weighted by Crippen LogP contribution is -2.55. The summed E-state index contributed by atoms with van der Waals surface area (Å²) in [5.41, 5.74) is 4.29. The molecular formula is C16H24N6O3. The van der Waals surface area contributed by atoms with E-state index in [0.29, 0.717) is 25.4 Å². The SMILES string of the molecule is Nc1ncnc(N2CCC3(CC2)CC(NC(=O)C2(O)CC2)CCO3)n1. The third kappa shape index (κ3) is 3.38. The fraction of sp³-hybridized carbons (Fsp3) is 0.750. The van der Waals surface area contributed by atoms with Crippen molar-refractivity contribution in [1.29, 1.82) is 0 Å². The fourth-order valence-electron chi connectivity index (χ4n) is 3.73. The first-order valence-corrected chi connectivity index (χ1v) is 8.85. The van der Waals surface area contributed by atoms with Crippen LogP contribution in [0.1, 0.15) is 38.5 Å². The second kappa shape index (κ2) is 6.06. The van der Waals surface area contributed by atoms with E-state index in [2.05, 4.69) is 25.2 Å². The van der Waals surface area contributed by atoms with Gasteiger partial charge in [0.2, 0.25) is 11.9 Å². The molecule has 2 aliphatic heterocycles. The number of aliphatic hydroxyl groups is 1. The van der Waals surface area contributed by atoms with Gasteiger partial charge in [0, 0.05) is 25.7 Å². The van der Waals surface area contributed by atoms with Gasteiger partial charge in [-0.1, -0.05) is 0 Å². The number of rotatable bonds is 3. The summed E-state index contributed by atoms with van der Waals surface area (Å²) in [6.07, 6.45) is 5.81. The molecule has 25 heavy (non-hydrogen) atoms. The minimum atomic E-state index is -1.12. The second-order valence-corrected chi connectivity index (χ2v) is 7.36. The average molecular weight is 348 g/mol. The minimum absolute atomic E-state index is 0.0604. The molecule has 4 rings (SSSR count). The summed E-state index contributed by atoms with van der Waals surface area (Å²) < 4.78 is 6.11. The standard InChI is InChI=1S/C16H24N6O3/c17-13-18-10-19-14(21-13)22-6-4-15(5-7-22)9-11(1-8-25-15)20-12(23)16(24)2-3-16/h10-11,24H,1-9H2,(H,20,23)(H2,17,18,19,21). The van der Waals surface area contributed by atoms with Crippen molar-refractivity contribution >= 4 is 17.8 Å². The van der Waals surface area contributed by atoms with Crippen molar-refractivity contribution in [3.8, 4) is 0 Å². The highest BCUT2D eigenvalue weighted by Gasteiger charge is 2.49. The molecule has 1 amide bonds. The highest BCUT2D eigenvalue weighted by molar-refractivity contribution is 5.87. The zero-order valence-corrected chi connectivity index (χ0v) is 14.1. The number of aromatic nitrogens is 3. The van der Waals surface area contributed by atoms with Gasteiger partial charge < -0.3 is 25.8 Å². The maximum absolute atomic E-state index is 12.1. The number of anilines is 2. The third-order valence-electron chi connectivity index (χ3n) is 5.51. The molecule has 3 aliphatic rings. The summed E-state index contributed by atoms with van der Waals surface area (Å²) in [6, 6.07) is 0.0604. The van der Waals surface area contributed by atoms with E-state index in [1.165, 1.54) is 6.33 Å². The molecule has 0 bridgehead atoms. The van der Waals surface area contributed by atoms with Gasteiger partial charge in [-0.25, -0.2) is 9.97 Å². The normalized spacial score (nSPS) is 27.1. The molecule has 2 saturated heterocycles. The molecule has 3 heterocycles. The minimum Gasteiger partial charge on any atom is -0.380 e. The number of nitrogens with two attached hydrogens (primary N) is 1. The van der Waals surface area contributed by atoms with E-state index in [4.69, 9.17) is 10.5 Å². The molecule has 1 spiro atoms. The maximum atomic E-state index is 12.1. The Labute approximate surface area is 146 Å². The number of hydrogen-bond acceptors (Lipinski definition) is 8. The van der Waals surface area contributed by atoms with Crippen molar-refractivity contribution < 1.29 is 14.6 Å². The largest absolute Gasteiger partial charge is 0.380 e. The predicted octanol–water partition coefficient (Wildman–Crippen LogP) is -0.387. The molecule has 1 aliphatic carbocycles. The molecule has 0 aromatic carbocycles.